The Kier molecular flexibility index (Phi) is 6.32. The fourth-order valence-electron chi connectivity index (χ4n) is 2.47. The van der Waals surface area contributed by atoms with Gasteiger partial charge in [-0.25, -0.2) is 8.42 Å². The smallest absolute Gasteiger partial charge is 0.248 e. The summed E-state index contributed by atoms with van der Waals surface area (Å²) in [7, 11) is -3.70. The molecule has 0 spiro atoms. The topological polar surface area (TPSA) is 66.5 Å². The quantitative estimate of drug-likeness (QED) is 0.790. The number of rotatable bonds is 6. The highest BCUT2D eigenvalue weighted by Crippen LogP contribution is 2.26. The summed E-state index contributed by atoms with van der Waals surface area (Å²) in [6.07, 6.45) is 1.34. The second kappa shape index (κ2) is 8.08. The van der Waals surface area contributed by atoms with Crippen LogP contribution >= 0.6 is 23.2 Å². The number of carbonyl (C=O) groups is 1. The highest BCUT2D eigenvalue weighted by atomic mass is 35.5. The van der Waals surface area contributed by atoms with Crippen LogP contribution in [0.4, 0.5) is 11.4 Å². The number of nitrogens with zero attached hydrogens (tertiary/aromatic N) is 1. The van der Waals surface area contributed by atoms with E-state index >= 15 is 0 Å². The lowest BCUT2D eigenvalue weighted by molar-refractivity contribution is -0.117. The monoisotopic (exact) mass is 400 g/mol. The molecule has 2 aromatic carbocycles. The zero-order valence-electron chi connectivity index (χ0n) is 13.7. The van der Waals surface area contributed by atoms with Crippen LogP contribution in [0, 0.1) is 0 Å². The van der Waals surface area contributed by atoms with E-state index in [1.165, 1.54) is 6.07 Å². The number of nitrogens with one attached hydrogen (secondary N) is 1. The van der Waals surface area contributed by atoms with Crippen molar-refractivity contribution in [3.05, 3.63) is 58.6 Å². The van der Waals surface area contributed by atoms with E-state index < -0.39 is 22.0 Å². The highest BCUT2D eigenvalue weighted by Gasteiger charge is 2.31. The summed E-state index contributed by atoms with van der Waals surface area (Å²) in [6, 6.07) is 12.1. The number of carbonyl (C=O) groups excluding carboxylic acids is 1. The zero-order valence-corrected chi connectivity index (χ0v) is 16.1. The Labute approximate surface area is 157 Å². The van der Waals surface area contributed by atoms with Gasteiger partial charge < -0.3 is 5.32 Å². The number of anilines is 2. The summed E-state index contributed by atoms with van der Waals surface area (Å²) in [6.45, 7) is 1.74. The predicted octanol–water partition coefficient (Wildman–Crippen LogP) is 4.18. The molecule has 1 amide bonds. The summed E-state index contributed by atoms with van der Waals surface area (Å²) >= 11 is 11.9. The largest absolute Gasteiger partial charge is 0.324 e. The zero-order chi connectivity index (χ0) is 18.6. The van der Waals surface area contributed by atoms with Gasteiger partial charge in [-0.3, -0.25) is 9.10 Å². The standard InChI is InChI=1S/C17H18Cl2N2O3S/c1-3-16(17(22)20-14-8-4-6-12(18)10-14)21(25(2,23)24)15-9-5-7-13(19)11-15/h4-11,16H,3H2,1-2H3,(H,20,22)/t16-/m0/s1. The van der Waals surface area contributed by atoms with Crippen molar-refractivity contribution in [2.45, 2.75) is 19.4 Å². The maximum absolute atomic E-state index is 12.7. The SMILES string of the molecule is CC[C@@H](C(=O)Nc1cccc(Cl)c1)N(c1cccc(Cl)c1)S(C)(=O)=O. The van der Waals surface area contributed by atoms with Gasteiger partial charge in [-0.1, -0.05) is 42.3 Å². The maximum atomic E-state index is 12.7. The van der Waals surface area contributed by atoms with Crippen molar-refractivity contribution < 1.29 is 13.2 Å². The number of benzene rings is 2. The molecule has 0 saturated carbocycles. The summed E-state index contributed by atoms with van der Waals surface area (Å²) in [5, 5.41) is 3.57. The number of amides is 1. The van der Waals surface area contributed by atoms with E-state index in [9.17, 15) is 13.2 Å². The Balaban J connectivity index is 2.38. The van der Waals surface area contributed by atoms with E-state index in [0.717, 1.165) is 10.6 Å². The van der Waals surface area contributed by atoms with E-state index in [-0.39, 0.29) is 6.42 Å². The van der Waals surface area contributed by atoms with Crippen molar-refractivity contribution in [2.24, 2.45) is 0 Å². The van der Waals surface area contributed by atoms with E-state index in [1.54, 1.807) is 49.4 Å². The first-order valence-electron chi connectivity index (χ1n) is 7.53. The van der Waals surface area contributed by atoms with Gasteiger partial charge in [0.05, 0.1) is 11.9 Å². The second-order valence-electron chi connectivity index (χ2n) is 5.46. The van der Waals surface area contributed by atoms with Crippen LogP contribution in [-0.2, 0) is 14.8 Å². The van der Waals surface area contributed by atoms with Gasteiger partial charge in [0.15, 0.2) is 0 Å². The lowest BCUT2D eigenvalue weighted by atomic mass is 10.2. The van der Waals surface area contributed by atoms with Gasteiger partial charge in [0.1, 0.15) is 6.04 Å². The van der Waals surface area contributed by atoms with Crippen molar-refractivity contribution in [1.82, 2.24) is 0 Å². The fraction of sp³-hybridized carbons (Fsp3) is 0.235. The van der Waals surface area contributed by atoms with E-state index in [4.69, 9.17) is 23.2 Å². The van der Waals surface area contributed by atoms with Crippen molar-refractivity contribution >= 4 is 50.5 Å². The fourth-order valence-corrected chi connectivity index (χ4v) is 4.04. The molecule has 0 aromatic heterocycles. The molecular weight excluding hydrogens is 383 g/mol. The van der Waals surface area contributed by atoms with Gasteiger partial charge >= 0.3 is 0 Å². The molecule has 0 aliphatic rings. The molecule has 0 saturated heterocycles. The second-order valence-corrected chi connectivity index (χ2v) is 8.19. The molecule has 134 valence electrons. The summed E-state index contributed by atoms with van der Waals surface area (Å²) in [5.41, 5.74) is 0.832. The molecule has 1 N–H and O–H groups in total. The average Bonchev–Trinajstić information content (AvgIpc) is 2.51. The van der Waals surface area contributed by atoms with Crippen LogP contribution in [0.15, 0.2) is 48.5 Å². The molecule has 8 heteroatoms. The highest BCUT2D eigenvalue weighted by molar-refractivity contribution is 7.92. The molecular formula is C17H18Cl2N2O3S. The summed E-state index contributed by atoms with van der Waals surface area (Å²) < 4.78 is 25.8. The maximum Gasteiger partial charge on any atom is 0.248 e. The number of sulfonamides is 1. The molecule has 5 nitrogen and oxygen atoms in total. The minimum atomic E-state index is -3.70. The molecule has 0 aliphatic carbocycles. The van der Waals surface area contributed by atoms with E-state index in [0.29, 0.717) is 21.4 Å². The number of hydrogen-bond acceptors (Lipinski definition) is 3. The van der Waals surface area contributed by atoms with Crippen molar-refractivity contribution in [2.75, 3.05) is 15.9 Å². The lowest BCUT2D eigenvalue weighted by Gasteiger charge is -2.30. The summed E-state index contributed by atoms with van der Waals surface area (Å²) in [5.74, 6) is -0.449. The van der Waals surface area contributed by atoms with Crippen LogP contribution in [0.25, 0.3) is 0 Å². The van der Waals surface area contributed by atoms with Gasteiger partial charge in [-0.2, -0.15) is 0 Å². The van der Waals surface area contributed by atoms with Crippen molar-refractivity contribution in [3.8, 4) is 0 Å². The molecule has 25 heavy (non-hydrogen) atoms. The van der Waals surface area contributed by atoms with Crippen LogP contribution in [0.3, 0.4) is 0 Å². The lowest BCUT2D eigenvalue weighted by Crippen LogP contribution is -2.47. The predicted molar refractivity (Wildman–Crippen MR) is 103 cm³/mol. The van der Waals surface area contributed by atoms with Crippen LogP contribution < -0.4 is 9.62 Å². The third-order valence-electron chi connectivity index (χ3n) is 3.48. The Morgan fingerprint density at radius 2 is 1.72 bits per heavy atom. The number of halogens is 2. The Morgan fingerprint density at radius 1 is 1.12 bits per heavy atom. The molecule has 2 rings (SSSR count). The van der Waals surface area contributed by atoms with Crippen LogP contribution in [0.1, 0.15) is 13.3 Å². The van der Waals surface area contributed by atoms with Gasteiger partial charge in [-0.15, -0.1) is 0 Å². The van der Waals surface area contributed by atoms with Gasteiger partial charge in [-0.05, 0) is 42.8 Å². The van der Waals surface area contributed by atoms with Crippen molar-refractivity contribution in [1.29, 1.82) is 0 Å². The van der Waals surface area contributed by atoms with Gasteiger partial charge in [0.25, 0.3) is 0 Å². The molecule has 0 fully saturated rings. The molecule has 1 atom stereocenters. The molecule has 0 unspecified atom stereocenters. The normalized spacial score (nSPS) is 12.5. The average molecular weight is 401 g/mol. The van der Waals surface area contributed by atoms with Gasteiger partial charge in [0.2, 0.25) is 15.9 Å². The van der Waals surface area contributed by atoms with E-state index in [2.05, 4.69) is 5.32 Å². The first-order chi connectivity index (χ1) is 11.7. The van der Waals surface area contributed by atoms with Crippen LogP contribution in [-0.4, -0.2) is 26.6 Å². The minimum Gasteiger partial charge on any atom is -0.324 e. The Bertz CT molecular complexity index is 872. The first-order valence-corrected chi connectivity index (χ1v) is 10.1. The first kappa shape index (κ1) is 19.6. The van der Waals surface area contributed by atoms with Crippen molar-refractivity contribution in [3.63, 3.8) is 0 Å². The van der Waals surface area contributed by atoms with Crippen LogP contribution in [0.5, 0.6) is 0 Å². The minimum absolute atomic E-state index is 0.284. The van der Waals surface area contributed by atoms with Gasteiger partial charge in [0, 0.05) is 15.7 Å². The molecule has 2 aromatic rings. The Hall–Kier alpha value is -1.76. The molecule has 0 radical (unpaired) electrons. The Morgan fingerprint density at radius 3 is 2.24 bits per heavy atom. The van der Waals surface area contributed by atoms with E-state index in [1.807, 2.05) is 0 Å². The third kappa shape index (κ3) is 5.11. The molecule has 0 aliphatic heterocycles. The molecule has 0 bridgehead atoms. The third-order valence-corrected chi connectivity index (χ3v) is 5.13. The molecule has 0 heterocycles. The number of hydrogen-bond donors (Lipinski definition) is 1. The summed E-state index contributed by atoms with van der Waals surface area (Å²) in [4.78, 5) is 12.7. The van der Waals surface area contributed by atoms with Crippen LogP contribution in [0.2, 0.25) is 10.0 Å².